The number of aliphatic imine (C=N–C) groups is 1. The van der Waals surface area contributed by atoms with E-state index in [0.717, 1.165) is 12.5 Å². The molecule has 1 aromatic carbocycles. The molecule has 1 aliphatic carbocycles. The van der Waals surface area contributed by atoms with Crippen LogP contribution in [-0.4, -0.2) is 40.6 Å². The summed E-state index contributed by atoms with van der Waals surface area (Å²) in [7, 11) is 1.51. The van der Waals surface area contributed by atoms with Crippen LogP contribution < -0.4 is 15.8 Å². The molecule has 1 saturated carbocycles. The molecule has 0 spiro atoms. The zero-order valence-electron chi connectivity index (χ0n) is 17.3. The van der Waals surface area contributed by atoms with E-state index >= 15 is 0 Å². The van der Waals surface area contributed by atoms with Crippen LogP contribution in [0.4, 0.5) is 24.7 Å². The highest BCUT2D eigenvalue weighted by Gasteiger charge is 2.36. The average Bonchev–Trinajstić information content (AvgIpc) is 3.47. The minimum absolute atomic E-state index is 0.146. The van der Waals surface area contributed by atoms with E-state index in [1.54, 1.807) is 6.07 Å². The molecule has 0 saturated heterocycles. The van der Waals surface area contributed by atoms with Crippen LogP contribution >= 0.6 is 0 Å². The molecular weight excluding hydrogens is 425 g/mol. The monoisotopic (exact) mass is 446 g/mol. The van der Waals surface area contributed by atoms with E-state index in [1.807, 2.05) is 6.92 Å². The van der Waals surface area contributed by atoms with Gasteiger partial charge in [0.2, 0.25) is 0 Å². The predicted octanol–water partition coefficient (Wildman–Crippen LogP) is 3.96. The van der Waals surface area contributed by atoms with E-state index in [2.05, 4.69) is 25.3 Å². The van der Waals surface area contributed by atoms with Gasteiger partial charge in [0.1, 0.15) is 35.6 Å². The second-order valence-corrected chi connectivity index (χ2v) is 7.44. The fraction of sp³-hybridized carbons (Fsp3) is 0.333. The van der Waals surface area contributed by atoms with E-state index in [1.165, 1.54) is 31.8 Å². The fourth-order valence-corrected chi connectivity index (χ4v) is 3.15. The van der Waals surface area contributed by atoms with Gasteiger partial charge in [0.15, 0.2) is 5.82 Å². The Morgan fingerprint density at radius 1 is 1.25 bits per heavy atom. The maximum absolute atomic E-state index is 14.5. The van der Waals surface area contributed by atoms with Crippen molar-refractivity contribution in [1.29, 1.82) is 0 Å². The molecule has 1 unspecified atom stereocenters. The Labute approximate surface area is 181 Å². The maximum atomic E-state index is 14.5. The van der Waals surface area contributed by atoms with Crippen molar-refractivity contribution in [2.24, 2.45) is 16.6 Å². The number of nitrogens with two attached hydrogens (primary N) is 1. The molecule has 0 radical (unpaired) electrons. The van der Waals surface area contributed by atoms with Gasteiger partial charge < -0.3 is 20.5 Å². The van der Waals surface area contributed by atoms with Gasteiger partial charge in [0.05, 0.1) is 18.8 Å². The summed E-state index contributed by atoms with van der Waals surface area (Å²) in [6.07, 6.45) is 0.452. The van der Waals surface area contributed by atoms with Gasteiger partial charge in [-0.1, -0.05) is 6.92 Å². The third-order valence-electron chi connectivity index (χ3n) is 5.08. The number of benzene rings is 1. The Hall–Kier alpha value is -3.63. The Morgan fingerprint density at radius 2 is 2.03 bits per heavy atom. The van der Waals surface area contributed by atoms with Gasteiger partial charge in [-0.15, -0.1) is 0 Å². The van der Waals surface area contributed by atoms with Crippen molar-refractivity contribution in [2.75, 3.05) is 12.4 Å². The number of aromatic nitrogens is 3. The molecule has 1 fully saturated rings. The summed E-state index contributed by atoms with van der Waals surface area (Å²) in [6.45, 7) is 1.94. The maximum Gasteiger partial charge on any atom is 0.283 e. The molecule has 0 aliphatic heterocycles. The third kappa shape index (κ3) is 4.66. The van der Waals surface area contributed by atoms with Crippen LogP contribution in [0.25, 0.3) is 11.0 Å². The number of alkyl halides is 2. The SMILES string of the molecule is COc1cnc2c(Nc3ccc(F)c(C(N=C(N)O[C@@H]4C[C@@H]4C)C(F)F)c3)ncnc2c1. The molecule has 11 heteroatoms. The molecule has 0 bridgehead atoms. The van der Waals surface area contributed by atoms with Crippen LogP contribution in [0.3, 0.4) is 0 Å². The molecular formula is C21H21F3N6O2. The number of pyridine rings is 1. The Morgan fingerprint density at radius 3 is 2.72 bits per heavy atom. The van der Waals surface area contributed by atoms with E-state index in [4.69, 9.17) is 15.2 Å². The number of hydrogen-bond acceptors (Lipinski definition) is 7. The number of hydrogen-bond donors (Lipinski definition) is 2. The van der Waals surface area contributed by atoms with E-state index < -0.39 is 18.3 Å². The number of nitrogens with zero attached hydrogens (tertiary/aromatic N) is 4. The summed E-state index contributed by atoms with van der Waals surface area (Å²) in [6, 6.07) is 3.17. The van der Waals surface area contributed by atoms with Crippen molar-refractivity contribution in [3.05, 3.63) is 48.2 Å². The van der Waals surface area contributed by atoms with Gasteiger partial charge in [-0.3, -0.25) is 0 Å². The van der Waals surface area contributed by atoms with Crippen molar-refractivity contribution >= 4 is 28.6 Å². The smallest absolute Gasteiger partial charge is 0.283 e. The van der Waals surface area contributed by atoms with E-state index in [-0.39, 0.29) is 23.6 Å². The molecule has 8 nitrogen and oxygen atoms in total. The van der Waals surface area contributed by atoms with Gasteiger partial charge in [0.25, 0.3) is 12.4 Å². The van der Waals surface area contributed by atoms with Gasteiger partial charge in [-0.25, -0.2) is 33.1 Å². The van der Waals surface area contributed by atoms with Gasteiger partial charge in [-0.2, -0.15) is 0 Å². The van der Waals surface area contributed by atoms with E-state index in [0.29, 0.717) is 28.3 Å². The number of halogens is 3. The molecule has 0 amide bonds. The zero-order chi connectivity index (χ0) is 22.8. The van der Waals surface area contributed by atoms with Crippen LogP contribution in [0.15, 0.2) is 41.8 Å². The first kappa shape index (κ1) is 21.6. The number of ether oxygens (including phenoxy) is 2. The highest BCUT2D eigenvalue weighted by atomic mass is 19.3. The lowest BCUT2D eigenvalue weighted by atomic mass is 10.1. The number of fused-ring (bicyclic) bond motifs is 1. The van der Waals surface area contributed by atoms with E-state index in [9.17, 15) is 13.2 Å². The van der Waals surface area contributed by atoms with Gasteiger partial charge in [0, 0.05) is 17.3 Å². The first-order valence-corrected chi connectivity index (χ1v) is 9.85. The van der Waals surface area contributed by atoms with Crippen LogP contribution in [0.2, 0.25) is 0 Å². The summed E-state index contributed by atoms with van der Waals surface area (Å²) < 4.78 is 52.4. The van der Waals surface area contributed by atoms with Crippen molar-refractivity contribution in [2.45, 2.75) is 31.9 Å². The minimum atomic E-state index is -2.99. The number of rotatable bonds is 7. The minimum Gasteiger partial charge on any atom is -0.495 e. The molecule has 3 N–H and O–H groups in total. The molecule has 3 aromatic rings. The molecule has 2 aromatic heterocycles. The highest BCUT2D eigenvalue weighted by Crippen LogP contribution is 2.34. The van der Waals surface area contributed by atoms with Crippen molar-refractivity contribution in [3.63, 3.8) is 0 Å². The lowest BCUT2D eigenvalue weighted by molar-refractivity contribution is 0.113. The average molecular weight is 446 g/mol. The highest BCUT2D eigenvalue weighted by molar-refractivity contribution is 5.87. The lowest BCUT2D eigenvalue weighted by Crippen LogP contribution is -2.22. The molecule has 1 aliphatic rings. The Bertz CT molecular complexity index is 1160. The Balaban J connectivity index is 1.63. The van der Waals surface area contributed by atoms with Gasteiger partial charge >= 0.3 is 0 Å². The number of methoxy groups -OCH3 is 1. The topological polar surface area (TPSA) is 108 Å². The number of amidine groups is 1. The summed E-state index contributed by atoms with van der Waals surface area (Å²) in [5, 5.41) is 2.97. The van der Waals surface area contributed by atoms with Crippen molar-refractivity contribution in [1.82, 2.24) is 15.0 Å². The summed E-state index contributed by atoms with van der Waals surface area (Å²) in [5.74, 6) is 0.281. The quantitative estimate of drug-likeness (QED) is 0.418. The fourth-order valence-electron chi connectivity index (χ4n) is 3.15. The standard InChI is InChI=1S/C21H21F3N6O2/c1-10-5-16(10)32-21(25)30-17(19(23)24)13-6-11(3-4-14(13)22)29-20-18-15(27-9-28-20)7-12(31-2)8-26-18/h3-4,6-10,16-17,19H,5H2,1-2H3,(H2,25,30)(H,27,28,29)/t10-,16+,17?/m0/s1. The van der Waals surface area contributed by atoms with Crippen LogP contribution in [0, 0.1) is 11.7 Å². The third-order valence-corrected chi connectivity index (χ3v) is 5.08. The normalized spacial score (nSPS) is 19.1. The second kappa shape index (κ2) is 8.85. The molecule has 2 heterocycles. The van der Waals surface area contributed by atoms with Crippen LogP contribution in [-0.2, 0) is 4.74 Å². The molecule has 4 rings (SSSR count). The summed E-state index contributed by atoms with van der Waals surface area (Å²) in [4.78, 5) is 16.3. The lowest BCUT2D eigenvalue weighted by Gasteiger charge is -2.16. The van der Waals surface area contributed by atoms with Crippen LogP contribution in [0.1, 0.15) is 24.9 Å². The number of nitrogens with one attached hydrogen (secondary N) is 1. The van der Waals surface area contributed by atoms with Crippen molar-refractivity contribution in [3.8, 4) is 5.75 Å². The number of anilines is 2. The molecule has 168 valence electrons. The Kier molecular flexibility index (Phi) is 5.97. The predicted molar refractivity (Wildman–Crippen MR) is 113 cm³/mol. The summed E-state index contributed by atoms with van der Waals surface area (Å²) >= 11 is 0. The summed E-state index contributed by atoms with van der Waals surface area (Å²) in [5.41, 5.74) is 6.60. The molecule has 32 heavy (non-hydrogen) atoms. The largest absolute Gasteiger partial charge is 0.495 e. The van der Waals surface area contributed by atoms with Gasteiger partial charge in [-0.05, 0) is 30.5 Å². The zero-order valence-corrected chi connectivity index (χ0v) is 17.3. The first-order valence-electron chi connectivity index (χ1n) is 9.85. The molecule has 3 atom stereocenters. The second-order valence-electron chi connectivity index (χ2n) is 7.44. The van der Waals surface area contributed by atoms with Crippen LogP contribution in [0.5, 0.6) is 5.75 Å². The van der Waals surface area contributed by atoms with Crippen molar-refractivity contribution < 1.29 is 22.6 Å². The first-order chi connectivity index (χ1) is 15.4.